The second-order valence-corrected chi connectivity index (χ2v) is 2.90. The molecular weight excluding hydrogens is 144 g/mol. The molecule has 0 aliphatic carbocycles. The van der Waals surface area contributed by atoms with Crippen molar-refractivity contribution in [2.75, 3.05) is 0 Å². The van der Waals surface area contributed by atoms with E-state index in [0.29, 0.717) is 12.8 Å². The van der Waals surface area contributed by atoms with Gasteiger partial charge >= 0.3 is 5.97 Å². The molecule has 0 radical (unpaired) electrons. The average molecular weight is 158 g/mol. The van der Waals surface area contributed by atoms with E-state index < -0.39 is 6.29 Å². The molecule has 0 amide bonds. The first-order chi connectivity index (χ1) is 5.29. The summed E-state index contributed by atoms with van der Waals surface area (Å²) in [7, 11) is 0. The van der Waals surface area contributed by atoms with Gasteiger partial charge in [0.1, 0.15) is 0 Å². The number of carbonyl (C=O) groups is 1. The van der Waals surface area contributed by atoms with Gasteiger partial charge in [0.05, 0.1) is 0 Å². The van der Waals surface area contributed by atoms with Gasteiger partial charge in [0.2, 0.25) is 6.29 Å². The lowest BCUT2D eigenvalue weighted by molar-refractivity contribution is -0.168. The number of aliphatic hydroxyl groups excluding tert-OH is 1. The molecule has 1 saturated heterocycles. The summed E-state index contributed by atoms with van der Waals surface area (Å²) in [5, 5.41) is 9.07. The van der Waals surface area contributed by atoms with E-state index >= 15 is 0 Å². The number of hydrogen-bond donors (Lipinski definition) is 1. The van der Waals surface area contributed by atoms with E-state index in [1.54, 1.807) is 0 Å². The van der Waals surface area contributed by atoms with E-state index in [-0.39, 0.29) is 5.97 Å². The molecule has 64 valence electrons. The Labute approximate surface area is 66.4 Å². The van der Waals surface area contributed by atoms with Crippen LogP contribution in [-0.4, -0.2) is 17.4 Å². The normalized spacial score (nSPS) is 28.1. The molecule has 11 heavy (non-hydrogen) atoms. The van der Waals surface area contributed by atoms with Crippen molar-refractivity contribution in [1.82, 2.24) is 0 Å². The lowest BCUT2D eigenvalue weighted by Gasteiger charge is -2.08. The van der Waals surface area contributed by atoms with Gasteiger partial charge in [-0.2, -0.15) is 0 Å². The standard InChI is InChI=1S/C8H14O3/c9-7-5-3-1-2-4-6-8(10)11-7/h7,9H,1-6H2. The molecule has 0 saturated carbocycles. The number of esters is 1. The first kappa shape index (κ1) is 8.53. The fourth-order valence-corrected chi connectivity index (χ4v) is 1.21. The smallest absolute Gasteiger partial charge is 0.308 e. The van der Waals surface area contributed by atoms with Crippen molar-refractivity contribution in [2.45, 2.75) is 44.8 Å². The molecule has 1 fully saturated rings. The van der Waals surface area contributed by atoms with E-state index in [9.17, 15) is 4.79 Å². The Morgan fingerprint density at radius 2 is 2.00 bits per heavy atom. The second-order valence-electron chi connectivity index (χ2n) is 2.90. The number of carbonyl (C=O) groups excluding carboxylic acids is 1. The van der Waals surface area contributed by atoms with Crippen LogP contribution >= 0.6 is 0 Å². The maximum absolute atomic E-state index is 10.8. The van der Waals surface area contributed by atoms with Gasteiger partial charge in [-0.1, -0.05) is 12.8 Å². The SMILES string of the molecule is O=C1CCCCCCC(O)O1. The maximum Gasteiger partial charge on any atom is 0.308 e. The molecule has 0 aromatic heterocycles. The quantitative estimate of drug-likeness (QED) is 0.539. The number of rotatable bonds is 0. The number of cyclic esters (lactones) is 1. The van der Waals surface area contributed by atoms with Gasteiger partial charge in [0.25, 0.3) is 0 Å². The Hall–Kier alpha value is -0.570. The van der Waals surface area contributed by atoms with Crippen LogP contribution in [0.25, 0.3) is 0 Å². The van der Waals surface area contributed by atoms with Crippen molar-refractivity contribution in [1.29, 1.82) is 0 Å². The summed E-state index contributed by atoms with van der Waals surface area (Å²) in [6, 6.07) is 0. The molecule has 3 nitrogen and oxygen atoms in total. The van der Waals surface area contributed by atoms with Crippen LogP contribution < -0.4 is 0 Å². The highest BCUT2D eigenvalue weighted by Crippen LogP contribution is 2.12. The van der Waals surface area contributed by atoms with Gasteiger partial charge in [-0.3, -0.25) is 4.79 Å². The van der Waals surface area contributed by atoms with Crippen LogP contribution in [0.4, 0.5) is 0 Å². The summed E-state index contributed by atoms with van der Waals surface area (Å²) in [6.45, 7) is 0. The number of hydrogen-bond acceptors (Lipinski definition) is 3. The molecule has 1 heterocycles. The molecule has 1 unspecified atom stereocenters. The molecule has 1 aliphatic rings. The third-order valence-corrected chi connectivity index (χ3v) is 1.85. The Bertz CT molecular complexity index is 133. The minimum absolute atomic E-state index is 0.264. The molecule has 1 rings (SSSR count). The van der Waals surface area contributed by atoms with Crippen molar-refractivity contribution >= 4 is 5.97 Å². The van der Waals surface area contributed by atoms with E-state index in [0.717, 1.165) is 25.7 Å². The van der Waals surface area contributed by atoms with Gasteiger partial charge in [-0.25, -0.2) is 0 Å². The average Bonchev–Trinajstić information content (AvgIpc) is 2.02. The van der Waals surface area contributed by atoms with E-state index in [2.05, 4.69) is 4.74 Å². The Kier molecular flexibility index (Phi) is 3.36. The topological polar surface area (TPSA) is 46.5 Å². The summed E-state index contributed by atoms with van der Waals surface area (Å²) in [5.41, 5.74) is 0. The molecule has 0 spiro atoms. The first-order valence-electron chi connectivity index (χ1n) is 4.16. The van der Waals surface area contributed by atoms with Crippen LogP contribution in [0.5, 0.6) is 0 Å². The zero-order valence-electron chi connectivity index (χ0n) is 6.58. The lowest BCUT2D eigenvalue weighted by atomic mass is 10.1. The minimum atomic E-state index is -0.861. The molecule has 1 N–H and O–H groups in total. The van der Waals surface area contributed by atoms with E-state index in [1.165, 1.54) is 0 Å². The minimum Gasteiger partial charge on any atom is -0.436 e. The fraction of sp³-hybridized carbons (Fsp3) is 0.875. The van der Waals surface area contributed by atoms with E-state index in [1.807, 2.05) is 0 Å². The van der Waals surface area contributed by atoms with Gasteiger partial charge in [0, 0.05) is 12.8 Å². The summed E-state index contributed by atoms with van der Waals surface area (Å²) in [5.74, 6) is -0.264. The predicted molar refractivity (Wildman–Crippen MR) is 39.8 cm³/mol. The largest absolute Gasteiger partial charge is 0.436 e. The van der Waals surface area contributed by atoms with Crippen LogP contribution in [0.2, 0.25) is 0 Å². The van der Waals surface area contributed by atoms with E-state index in [4.69, 9.17) is 5.11 Å². The van der Waals surface area contributed by atoms with Crippen LogP contribution in [0, 0.1) is 0 Å². The van der Waals surface area contributed by atoms with Gasteiger partial charge in [-0.15, -0.1) is 0 Å². The molecule has 0 aromatic rings. The Balaban J connectivity index is 2.33. The summed E-state index contributed by atoms with van der Waals surface area (Å²) in [4.78, 5) is 10.8. The van der Waals surface area contributed by atoms with Crippen LogP contribution in [0.15, 0.2) is 0 Å². The number of aliphatic hydroxyl groups is 1. The van der Waals surface area contributed by atoms with Crippen LogP contribution in [0.1, 0.15) is 38.5 Å². The van der Waals surface area contributed by atoms with Crippen molar-refractivity contribution in [3.63, 3.8) is 0 Å². The molecule has 0 bridgehead atoms. The molecule has 1 aliphatic heterocycles. The molecular formula is C8H14O3. The summed E-state index contributed by atoms with van der Waals surface area (Å²) >= 11 is 0. The number of ether oxygens (including phenoxy) is 1. The van der Waals surface area contributed by atoms with Crippen molar-refractivity contribution in [3.05, 3.63) is 0 Å². The third-order valence-electron chi connectivity index (χ3n) is 1.85. The first-order valence-corrected chi connectivity index (χ1v) is 4.16. The highest BCUT2D eigenvalue weighted by atomic mass is 16.6. The zero-order valence-corrected chi connectivity index (χ0v) is 6.58. The summed E-state index contributed by atoms with van der Waals surface area (Å²) in [6.07, 6.45) is 4.19. The van der Waals surface area contributed by atoms with Gasteiger partial charge in [0.15, 0.2) is 0 Å². The monoisotopic (exact) mass is 158 g/mol. The van der Waals surface area contributed by atoms with Crippen molar-refractivity contribution in [3.8, 4) is 0 Å². The van der Waals surface area contributed by atoms with Gasteiger partial charge < -0.3 is 9.84 Å². The van der Waals surface area contributed by atoms with Crippen molar-refractivity contribution < 1.29 is 14.6 Å². The van der Waals surface area contributed by atoms with Crippen LogP contribution in [-0.2, 0) is 9.53 Å². The Morgan fingerprint density at radius 3 is 2.82 bits per heavy atom. The molecule has 0 aromatic carbocycles. The fourth-order valence-electron chi connectivity index (χ4n) is 1.21. The zero-order chi connectivity index (χ0) is 8.10. The van der Waals surface area contributed by atoms with Crippen molar-refractivity contribution in [2.24, 2.45) is 0 Å². The maximum atomic E-state index is 10.8. The van der Waals surface area contributed by atoms with Gasteiger partial charge in [-0.05, 0) is 12.8 Å². The molecule has 3 heteroatoms. The predicted octanol–water partition coefficient (Wildman–Crippen LogP) is 1.20. The summed E-state index contributed by atoms with van der Waals surface area (Å²) < 4.78 is 4.69. The Morgan fingerprint density at radius 1 is 1.27 bits per heavy atom. The highest BCUT2D eigenvalue weighted by molar-refractivity contribution is 5.69. The molecule has 1 atom stereocenters. The second kappa shape index (κ2) is 4.34. The third kappa shape index (κ3) is 3.37. The highest BCUT2D eigenvalue weighted by Gasteiger charge is 2.12. The lowest BCUT2D eigenvalue weighted by Crippen LogP contribution is -2.16. The van der Waals surface area contributed by atoms with Crippen LogP contribution in [0.3, 0.4) is 0 Å².